The van der Waals surface area contributed by atoms with Crippen LogP contribution in [0.5, 0.6) is 5.75 Å². The summed E-state index contributed by atoms with van der Waals surface area (Å²) < 4.78 is 6.08. The lowest BCUT2D eigenvalue weighted by Crippen LogP contribution is -2.20. The van der Waals surface area contributed by atoms with E-state index >= 15 is 0 Å². The van der Waals surface area contributed by atoms with Crippen molar-refractivity contribution in [1.82, 2.24) is 5.32 Å². The van der Waals surface area contributed by atoms with Crippen molar-refractivity contribution in [2.45, 2.75) is 20.4 Å². The minimum Gasteiger partial charge on any atom is -0.483 e. The fourth-order valence-electron chi connectivity index (χ4n) is 1.43. The first-order chi connectivity index (χ1) is 8.49. The number of primary amides is 1. The number of hydrogen-bond acceptors (Lipinski definition) is 3. The SMILES string of the molecule is CC(C)CNCc1ccc(OCC(N)=O)c(Br)c1. The molecule has 0 saturated heterocycles. The van der Waals surface area contributed by atoms with E-state index in [1.165, 1.54) is 0 Å². The van der Waals surface area contributed by atoms with Gasteiger partial charge in [-0.2, -0.15) is 0 Å². The molecule has 18 heavy (non-hydrogen) atoms. The monoisotopic (exact) mass is 314 g/mol. The molecule has 0 bridgehead atoms. The first-order valence-corrected chi connectivity index (χ1v) is 6.68. The zero-order chi connectivity index (χ0) is 13.5. The molecule has 1 aromatic rings. The van der Waals surface area contributed by atoms with Crippen LogP contribution in [-0.2, 0) is 11.3 Å². The minimum atomic E-state index is -0.482. The molecule has 4 nitrogen and oxygen atoms in total. The zero-order valence-corrected chi connectivity index (χ0v) is 12.3. The minimum absolute atomic E-state index is 0.108. The first kappa shape index (κ1) is 15.0. The molecule has 5 heteroatoms. The van der Waals surface area contributed by atoms with Gasteiger partial charge in [0.2, 0.25) is 0 Å². The van der Waals surface area contributed by atoms with Crippen molar-refractivity contribution in [2.75, 3.05) is 13.2 Å². The molecule has 0 heterocycles. The summed E-state index contributed by atoms with van der Waals surface area (Å²) in [5, 5.41) is 3.36. The molecule has 0 radical (unpaired) electrons. The van der Waals surface area contributed by atoms with Crippen LogP contribution in [0.15, 0.2) is 22.7 Å². The van der Waals surface area contributed by atoms with Crippen molar-refractivity contribution in [3.05, 3.63) is 28.2 Å². The highest BCUT2D eigenvalue weighted by atomic mass is 79.9. The van der Waals surface area contributed by atoms with Gasteiger partial charge in [-0.25, -0.2) is 0 Å². The van der Waals surface area contributed by atoms with Gasteiger partial charge in [0, 0.05) is 6.54 Å². The van der Waals surface area contributed by atoms with Gasteiger partial charge in [-0.05, 0) is 46.1 Å². The predicted octanol–water partition coefficient (Wildman–Crippen LogP) is 2.06. The second kappa shape index (κ2) is 7.38. The normalized spacial score (nSPS) is 10.7. The van der Waals surface area contributed by atoms with Crippen molar-refractivity contribution in [2.24, 2.45) is 11.7 Å². The van der Waals surface area contributed by atoms with E-state index in [-0.39, 0.29) is 6.61 Å². The Morgan fingerprint density at radius 2 is 2.22 bits per heavy atom. The van der Waals surface area contributed by atoms with Crippen LogP contribution in [0.25, 0.3) is 0 Å². The number of carbonyl (C=O) groups excluding carboxylic acids is 1. The van der Waals surface area contributed by atoms with Crippen LogP contribution in [0, 0.1) is 5.92 Å². The van der Waals surface area contributed by atoms with Crippen LogP contribution in [-0.4, -0.2) is 19.1 Å². The highest BCUT2D eigenvalue weighted by Gasteiger charge is 2.04. The van der Waals surface area contributed by atoms with E-state index in [0.717, 1.165) is 23.1 Å². The Morgan fingerprint density at radius 1 is 1.50 bits per heavy atom. The molecule has 0 saturated carbocycles. The van der Waals surface area contributed by atoms with Crippen LogP contribution in [0.2, 0.25) is 0 Å². The zero-order valence-electron chi connectivity index (χ0n) is 10.7. The molecule has 1 amide bonds. The Kier molecular flexibility index (Phi) is 6.15. The Bertz CT molecular complexity index is 408. The third-order valence-electron chi connectivity index (χ3n) is 2.25. The Balaban J connectivity index is 2.53. The summed E-state index contributed by atoms with van der Waals surface area (Å²) in [6, 6.07) is 5.78. The van der Waals surface area contributed by atoms with Crippen molar-refractivity contribution in [1.29, 1.82) is 0 Å². The molecule has 0 aliphatic carbocycles. The number of nitrogens with two attached hydrogens (primary N) is 1. The summed E-state index contributed by atoms with van der Waals surface area (Å²) in [7, 11) is 0. The van der Waals surface area contributed by atoms with E-state index in [4.69, 9.17) is 10.5 Å². The highest BCUT2D eigenvalue weighted by Crippen LogP contribution is 2.25. The number of benzene rings is 1. The molecule has 0 aromatic heterocycles. The van der Waals surface area contributed by atoms with Crippen molar-refractivity contribution in [3.8, 4) is 5.75 Å². The van der Waals surface area contributed by atoms with Crippen LogP contribution in [0.4, 0.5) is 0 Å². The first-order valence-electron chi connectivity index (χ1n) is 5.89. The third kappa shape index (κ3) is 5.51. The van der Waals surface area contributed by atoms with Gasteiger partial charge in [-0.1, -0.05) is 19.9 Å². The second-order valence-corrected chi connectivity index (χ2v) is 5.40. The number of hydrogen-bond donors (Lipinski definition) is 2. The average molecular weight is 315 g/mol. The third-order valence-corrected chi connectivity index (χ3v) is 2.87. The number of nitrogens with one attached hydrogen (secondary N) is 1. The predicted molar refractivity (Wildman–Crippen MR) is 75.4 cm³/mol. The second-order valence-electron chi connectivity index (χ2n) is 4.54. The summed E-state index contributed by atoms with van der Waals surface area (Å²) in [4.78, 5) is 10.6. The highest BCUT2D eigenvalue weighted by molar-refractivity contribution is 9.10. The number of carbonyl (C=O) groups is 1. The molecular weight excluding hydrogens is 296 g/mol. The smallest absolute Gasteiger partial charge is 0.255 e. The van der Waals surface area contributed by atoms with Crippen LogP contribution >= 0.6 is 15.9 Å². The van der Waals surface area contributed by atoms with E-state index in [9.17, 15) is 4.79 Å². The molecule has 1 aromatic carbocycles. The molecule has 0 aliphatic heterocycles. The van der Waals surface area contributed by atoms with Gasteiger partial charge in [0.05, 0.1) is 4.47 Å². The van der Waals surface area contributed by atoms with Gasteiger partial charge in [0.15, 0.2) is 6.61 Å². The van der Waals surface area contributed by atoms with Crippen LogP contribution < -0.4 is 15.8 Å². The van der Waals surface area contributed by atoms with E-state index in [2.05, 4.69) is 35.1 Å². The summed E-state index contributed by atoms with van der Waals surface area (Å²) in [5.41, 5.74) is 6.19. The van der Waals surface area contributed by atoms with Crippen molar-refractivity contribution < 1.29 is 9.53 Å². The Hall–Kier alpha value is -1.07. The fraction of sp³-hybridized carbons (Fsp3) is 0.462. The molecule has 0 unspecified atom stereocenters. The van der Waals surface area contributed by atoms with Crippen molar-refractivity contribution >= 4 is 21.8 Å². The van der Waals surface area contributed by atoms with E-state index in [0.29, 0.717) is 11.7 Å². The van der Waals surface area contributed by atoms with Gasteiger partial charge < -0.3 is 15.8 Å². The van der Waals surface area contributed by atoms with Crippen LogP contribution in [0.3, 0.4) is 0 Å². The topological polar surface area (TPSA) is 64.3 Å². The molecule has 1 rings (SSSR count). The molecule has 0 spiro atoms. The summed E-state index contributed by atoms with van der Waals surface area (Å²) >= 11 is 3.41. The van der Waals surface area contributed by atoms with Gasteiger partial charge in [0.25, 0.3) is 5.91 Å². The largest absolute Gasteiger partial charge is 0.483 e. The molecule has 0 atom stereocenters. The Morgan fingerprint density at radius 3 is 2.78 bits per heavy atom. The number of amides is 1. The average Bonchev–Trinajstić information content (AvgIpc) is 2.27. The molecule has 100 valence electrons. The van der Waals surface area contributed by atoms with Gasteiger partial charge >= 0.3 is 0 Å². The lowest BCUT2D eigenvalue weighted by atomic mass is 10.2. The molecular formula is C13H19BrN2O2. The summed E-state index contributed by atoms with van der Waals surface area (Å²) in [6.45, 7) is 6.03. The number of rotatable bonds is 7. The van der Waals surface area contributed by atoms with E-state index < -0.39 is 5.91 Å². The maximum Gasteiger partial charge on any atom is 0.255 e. The number of ether oxygens (including phenoxy) is 1. The fourth-order valence-corrected chi connectivity index (χ4v) is 1.97. The van der Waals surface area contributed by atoms with E-state index in [1.54, 1.807) is 0 Å². The summed E-state index contributed by atoms with van der Waals surface area (Å²) in [5.74, 6) is 0.776. The molecule has 0 fully saturated rings. The maximum atomic E-state index is 10.6. The Labute approximate surface area is 116 Å². The quantitative estimate of drug-likeness (QED) is 0.809. The van der Waals surface area contributed by atoms with E-state index in [1.807, 2.05) is 18.2 Å². The maximum absolute atomic E-state index is 10.6. The molecule has 3 N–H and O–H groups in total. The van der Waals surface area contributed by atoms with Crippen molar-refractivity contribution in [3.63, 3.8) is 0 Å². The summed E-state index contributed by atoms with van der Waals surface area (Å²) in [6.07, 6.45) is 0. The lowest BCUT2D eigenvalue weighted by Gasteiger charge is -2.10. The lowest BCUT2D eigenvalue weighted by molar-refractivity contribution is -0.119. The standard InChI is InChI=1S/C13H19BrN2O2/c1-9(2)6-16-7-10-3-4-12(11(14)5-10)18-8-13(15)17/h3-5,9,16H,6-8H2,1-2H3,(H2,15,17). The molecule has 0 aliphatic rings. The van der Waals surface area contributed by atoms with Gasteiger partial charge in [-0.3, -0.25) is 4.79 Å². The van der Waals surface area contributed by atoms with Gasteiger partial charge in [0.1, 0.15) is 5.75 Å². The van der Waals surface area contributed by atoms with Gasteiger partial charge in [-0.15, -0.1) is 0 Å². The van der Waals surface area contributed by atoms with Crippen LogP contribution in [0.1, 0.15) is 19.4 Å². The number of halogens is 1.